The third-order valence-corrected chi connectivity index (χ3v) is 5.00. The van der Waals surface area contributed by atoms with Crippen molar-refractivity contribution in [3.05, 3.63) is 0 Å². The second-order valence-corrected chi connectivity index (χ2v) is 6.54. The van der Waals surface area contributed by atoms with E-state index in [1.165, 1.54) is 38.8 Å². The molecule has 1 saturated heterocycles. The zero-order valence-electron chi connectivity index (χ0n) is 13.4. The van der Waals surface area contributed by atoms with Crippen molar-refractivity contribution in [2.24, 2.45) is 5.41 Å². The quantitative estimate of drug-likeness (QED) is 0.712. The van der Waals surface area contributed by atoms with Crippen molar-refractivity contribution in [3.8, 4) is 0 Å². The van der Waals surface area contributed by atoms with Gasteiger partial charge in [0.05, 0.1) is 6.61 Å². The summed E-state index contributed by atoms with van der Waals surface area (Å²) in [6.45, 7) is 12.8. The molecule has 19 heavy (non-hydrogen) atoms. The molecule has 1 rings (SSSR count). The molecular weight excluding hydrogens is 236 g/mol. The Morgan fingerprint density at radius 3 is 2.16 bits per heavy atom. The summed E-state index contributed by atoms with van der Waals surface area (Å²) in [5.74, 6) is 0. The van der Waals surface area contributed by atoms with Gasteiger partial charge in [0, 0.05) is 12.1 Å². The summed E-state index contributed by atoms with van der Waals surface area (Å²) in [6, 6.07) is 0.704. The number of hydrogen-bond donors (Lipinski definition) is 2. The summed E-state index contributed by atoms with van der Waals surface area (Å²) >= 11 is 0. The van der Waals surface area contributed by atoms with Gasteiger partial charge in [-0.25, -0.2) is 0 Å². The van der Waals surface area contributed by atoms with Crippen molar-refractivity contribution >= 4 is 0 Å². The molecule has 0 aromatic rings. The van der Waals surface area contributed by atoms with Gasteiger partial charge < -0.3 is 15.3 Å². The van der Waals surface area contributed by atoms with E-state index in [-0.39, 0.29) is 12.6 Å². The lowest BCUT2D eigenvalue weighted by Gasteiger charge is -2.41. The predicted molar refractivity (Wildman–Crippen MR) is 82.5 cm³/mol. The van der Waals surface area contributed by atoms with Gasteiger partial charge in [-0.15, -0.1) is 0 Å². The van der Waals surface area contributed by atoms with Crippen LogP contribution in [0.5, 0.6) is 0 Å². The van der Waals surface area contributed by atoms with Crippen molar-refractivity contribution in [3.63, 3.8) is 0 Å². The molecule has 1 fully saturated rings. The minimum Gasteiger partial charge on any atom is -0.395 e. The Kier molecular flexibility index (Phi) is 7.33. The van der Waals surface area contributed by atoms with E-state index in [0.29, 0.717) is 11.5 Å². The molecule has 3 nitrogen and oxygen atoms in total. The van der Waals surface area contributed by atoms with Crippen LogP contribution in [-0.4, -0.2) is 48.3 Å². The first-order valence-corrected chi connectivity index (χ1v) is 8.14. The second-order valence-electron chi connectivity index (χ2n) is 6.54. The molecule has 2 N–H and O–H groups in total. The molecule has 1 atom stereocenters. The van der Waals surface area contributed by atoms with E-state index in [1.54, 1.807) is 0 Å². The van der Waals surface area contributed by atoms with E-state index in [9.17, 15) is 5.11 Å². The lowest BCUT2D eigenvalue weighted by Crippen LogP contribution is -2.43. The number of nitrogens with one attached hydrogen (secondary N) is 1. The SMILES string of the molecule is CCC1(CC)CCN(CCC(CO)NC(C)C)CC1. The average Bonchev–Trinajstić information content (AvgIpc) is 2.43. The van der Waals surface area contributed by atoms with Gasteiger partial charge >= 0.3 is 0 Å². The minimum absolute atomic E-state index is 0.250. The molecule has 0 aromatic carbocycles. The van der Waals surface area contributed by atoms with Crippen molar-refractivity contribution in [2.75, 3.05) is 26.2 Å². The Hall–Kier alpha value is -0.120. The van der Waals surface area contributed by atoms with E-state index in [4.69, 9.17) is 0 Å². The summed E-state index contributed by atoms with van der Waals surface area (Å²) in [7, 11) is 0. The Morgan fingerprint density at radius 2 is 1.74 bits per heavy atom. The fraction of sp³-hybridized carbons (Fsp3) is 1.00. The number of aliphatic hydroxyl groups excluding tert-OH is 1. The van der Waals surface area contributed by atoms with Gasteiger partial charge in [-0.2, -0.15) is 0 Å². The molecular formula is C16H34N2O. The summed E-state index contributed by atoms with van der Waals surface area (Å²) in [5, 5.41) is 12.8. The molecule has 0 aromatic heterocycles. The zero-order chi connectivity index (χ0) is 14.3. The van der Waals surface area contributed by atoms with Crippen LogP contribution in [0.25, 0.3) is 0 Å². The van der Waals surface area contributed by atoms with Crippen LogP contribution in [0.1, 0.15) is 59.8 Å². The van der Waals surface area contributed by atoms with Crippen LogP contribution in [0, 0.1) is 5.41 Å². The molecule has 114 valence electrons. The predicted octanol–water partition coefficient (Wildman–Crippen LogP) is 2.64. The van der Waals surface area contributed by atoms with Crippen LogP contribution in [0.3, 0.4) is 0 Å². The molecule has 0 radical (unpaired) electrons. The van der Waals surface area contributed by atoms with E-state index in [1.807, 2.05) is 0 Å². The lowest BCUT2D eigenvalue weighted by atomic mass is 9.74. The molecule has 1 aliphatic rings. The largest absolute Gasteiger partial charge is 0.395 e. The van der Waals surface area contributed by atoms with E-state index in [2.05, 4.69) is 37.9 Å². The van der Waals surface area contributed by atoms with Crippen LogP contribution < -0.4 is 5.32 Å². The lowest BCUT2D eigenvalue weighted by molar-refractivity contribution is 0.0896. The summed E-state index contributed by atoms with van der Waals surface area (Å²) < 4.78 is 0. The molecule has 0 aliphatic carbocycles. The van der Waals surface area contributed by atoms with Gasteiger partial charge in [-0.05, 0) is 44.3 Å². The van der Waals surface area contributed by atoms with Crippen LogP contribution in [0.15, 0.2) is 0 Å². The number of rotatable bonds is 8. The molecule has 3 heteroatoms. The molecule has 0 bridgehead atoms. The average molecular weight is 270 g/mol. The topological polar surface area (TPSA) is 35.5 Å². The smallest absolute Gasteiger partial charge is 0.0585 e. The van der Waals surface area contributed by atoms with Gasteiger partial charge in [-0.3, -0.25) is 0 Å². The third-order valence-electron chi connectivity index (χ3n) is 5.00. The van der Waals surface area contributed by atoms with Gasteiger partial charge in [0.2, 0.25) is 0 Å². The van der Waals surface area contributed by atoms with Gasteiger partial charge in [-0.1, -0.05) is 40.5 Å². The molecule has 1 heterocycles. The summed E-state index contributed by atoms with van der Waals surface area (Å²) in [6.07, 6.45) is 6.40. The highest BCUT2D eigenvalue weighted by Crippen LogP contribution is 2.37. The Balaban J connectivity index is 2.29. The highest BCUT2D eigenvalue weighted by Gasteiger charge is 2.31. The van der Waals surface area contributed by atoms with Crippen molar-refractivity contribution in [1.82, 2.24) is 10.2 Å². The van der Waals surface area contributed by atoms with Gasteiger partial charge in [0.25, 0.3) is 0 Å². The van der Waals surface area contributed by atoms with Crippen LogP contribution in [0.2, 0.25) is 0 Å². The maximum atomic E-state index is 9.38. The Labute approximate surface area is 119 Å². The molecule has 0 spiro atoms. The van der Waals surface area contributed by atoms with Crippen LogP contribution in [-0.2, 0) is 0 Å². The first-order valence-electron chi connectivity index (χ1n) is 8.14. The van der Waals surface area contributed by atoms with Crippen molar-refractivity contribution in [2.45, 2.75) is 71.9 Å². The maximum Gasteiger partial charge on any atom is 0.0585 e. The van der Waals surface area contributed by atoms with Crippen LogP contribution >= 0.6 is 0 Å². The fourth-order valence-corrected chi connectivity index (χ4v) is 3.25. The molecule has 1 aliphatic heterocycles. The van der Waals surface area contributed by atoms with Crippen molar-refractivity contribution in [1.29, 1.82) is 0 Å². The summed E-state index contributed by atoms with van der Waals surface area (Å²) in [4.78, 5) is 2.58. The Bertz CT molecular complexity index is 229. The zero-order valence-corrected chi connectivity index (χ0v) is 13.4. The molecule has 0 amide bonds. The van der Waals surface area contributed by atoms with Gasteiger partial charge in [0.15, 0.2) is 0 Å². The van der Waals surface area contributed by atoms with E-state index < -0.39 is 0 Å². The number of likely N-dealkylation sites (tertiary alicyclic amines) is 1. The molecule has 1 unspecified atom stereocenters. The normalized spacial score (nSPS) is 21.8. The number of hydrogen-bond acceptors (Lipinski definition) is 3. The highest BCUT2D eigenvalue weighted by atomic mass is 16.3. The maximum absolute atomic E-state index is 9.38. The monoisotopic (exact) mass is 270 g/mol. The van der Waals surface area contributed by atoms with Crippen LogP contribution in [0.4, 0.5) is 0 Å². The fourth-order valence-electron chi connectivity index (χ4n) is 3.25. The standard InChI is InChI=1S/C16H34N2O/c1-5-16(6-2)8-11-18(12-9-16)10-7-15(13-19)17-14(3)4/h14-15,17,19H,5-13H2,1-4H3. The Morgan fingerprint density at radius 1 is 1.16 bits per heavy atom. The minimum atomic E-state index is 0.250. The summed E-state index contributed by atoms with van der Waals surface area (Å²) in [5.41, 5.74) is 0.614. The van der Waals surface area contributed by atoms with Gasteiger partial charge in [0.1, 0.15) is 0 Å². The number of piperidine rings is 1. The second kappa shape index (κ2) is 8.23. The third kappa shape index (κ3) is 5.41. The van der Waals surface area contributed by atoms with Crippen molar-refractivity contribution < 1.29 is 5.11 Å². The number of nitrogens with zero attached hydrogens (tertiary/aromatic N) is 1. The first kappa shape index (κ1) is 16.9. The highest BCUT2D eigenvalue weighted by molar-refractivity contribution is 4.84. The molecule has 0 saturated carbocycles. The first-order chi connectivity index (χ1) is 9.05. The number of aliphatic hydroxyl groups is 1. The van der Waals surface area contributed by atoms with E-state index in [0.717, 1.165) is 13.0 Å². The van der Waals surface area contributed by atoms with E-state index >= 15 is 0 Å².